The maximum Gasteiger partial charge on any atom is 0.187 e. The third kappa shape index (κ3) is 2.59. The van der Waals surface area contributed by atoms with Crippen LogP contribution in [0.25, 0.3) is 5.57 Å². The Labute approximate surface area is 87.9 Å². The Morgan fingerprint density at radius 1 is 1.60 bits per heavy atom. The van der Waals surface area contributed by atoms with Gasteiger partial charge in [0.25, 0.3) is 0 Å². The minimum absolute atomic E-state index is 0.0222. The fourth-order valence-corrected chi connectivity index (χ4v) is 1.21. The summed E-state index contributed by atoms with van der Waals surface area (Å²) in [7, 11) is 1.48. The van der Waals surface area contributed by atoms with Gasteiger partial charge in [0.2, 0.25) is 0 Å². The van der Waals surface area contributed by atoms with Gasteiger partial charge in [0.1, 0.15) is 12.0 Å². The smallest absolute Gasteiger partial charge is 0.187 e. The molecule has 15 heavy (non-hydrogen) atoms. The number of hydrogen-bond donors (Lipinski definition) is 1. The molecule has 82 valence electrons. The lowest BCUT2D eigenvalue weighted by Crippen LogP contribution is -2.05. The summed E-state index contributed by atoms with van der Waals surface area (Å²) in [6.45, 7) is 3.28. The number of ketones is 1. The fourth-order valence-electron chi connectivity index (χ4n) is 1.21. The van der Waals surface area contributed by atoms with Gasteiger partial charge in [-0.25, -0.2) is 0 Å². The number of methoxy groups -OCH3 is 1. The van der Waals surface area contributed by atoms with Crippen molar-refractivity contribution in [3.05, 3.63) is 23.4 Å². The Balaban J connectivity index is 3.05. The highest BCUT2D eigenvalue weighted by Gasteiger charge is 2.13. The van der Waals surface area contributed by atoms with Gasteiger partial charge in [0.15, 0.2) is 5.88 Å². The van der Waals surface area contributed by atoms with Crippen molar-refractivity contribution in [2.24, 2.45) is 5.73 Å². The molecule has 0 bridgehead atoms. The zero-order valence-corrected chi connectivity index (χ0v) is 9.03. The maximum atomic E-state index is 11.0. The second kappa shape index (κ2) is 4.63. The molecule has 0 aromatic carbocycles. The molecule has 5 heteroatoms. The highest BCUT2D eigenvalue weighted by Crippen LogP contribution is 2.20. The van der Waals surface area contributed by atoms with Crippen LogP contribution in [-0.2, 0) is 16.0 Å². The number of nitrogens with two attached hydrogens (primary N) is 1. The number of carbonyl (C=O) groups is 1. The van der Waals surface area contributed by atoms with E-state index in [2.05, 4.69) is 5.16 Å². The van der Waals surface area contributed by atoms with Crippen LogP contribution in [0.3, 0.4) is 0 Å². The van der Waals surface area contributed by atoms with Crippen LogP contribution in [0.2, 0.25) is 0 Å². The molecule has 0 aliphatic rings. The number of allylic oxidation sites excluding steroid dienone is 1. The van der Waals surface area contributed by atoms with E-state index in [0.29, 0.717) is 17.1 Å². The van der Waals surface area contributed by atoms with Crippen LogP contribution in [0.4, 0.5) is 0 Å². The largest absolute Gasteiger partial charge is 0.482 e. The van der Waals surface area contributed by atoms with Gasteiger partial charge in [0.05, 0.1) is 19.2 Å². The van der Waals surface area contributed by atoms with Crippen molar-refractivity contribution in [3.8, 4) is 0 Å². The number of carbonyl (C=O) groups excluding carboxylic acids is 1. The zero-order chi connectivity index (χ0) is 11.4. The second-order valence-corrected chi connectivity index (χ2v) is 3.25. The third-order valence-corrected chi connectivity index (χ3v) is 2.05. The van der Waals surface area contributed by atoms with E-state index >= 15 is 0 Å². The lowest BCUT2D eigenvalue weighted by Gasteiger charge is -2.04. The minimum atomic E-state index is 0.0222. The average Bonchev–Trinajstić information content (AvgIpc) is 2.62. The Hall–Kier alpha value is -1.78. The molecule has 1 aromatic rings. The number of aromatic nitrogens is 1. The SMILES string of the molecule is CO/C(N)=C(\C)c1conc1CC(C)=O. The van der Waals surface area contributed by atoms with Crippen LogP contribution < -0.4 is 5.73 Å². The quantitative estimate of drug-likeness (QED) is 0.753. The summed E-state index contributed by atoms with van der Waals surface area (Å²) in [6, 6.07) is 0. The molecule has 0 aliphatic heterocycles. The van der Waals surface area contributed by atoms with Gasteiger partial charge in [-0.15, -0.1) is 0 Å². The molecular weight excluding hydrogens is 196 g/mol. The predicted molar refractivity (Wildman–Crippen MR) is 54.7 cm³/mol. The van der Waals surface area contributed by atoms with Crippen LogP contribution in [0.15, 0.2) is 16.7 Å². The van der Waals surface area contributed by atoms with Crippen LogP contribution >= 0.6 is 0 Å². The summed E-state index contributed by atoms with van der Waals surface area (Å²) in [5.74, 6) is 0.317. The molecule has 0 atom stereocenters. The molecule has 1 rings (SSSR count). The van der Waals surface area contributed by atoms with E-state index in [0.717, 1.165) is 5.57 Å². The van der Waals surface area contributed by atoms with Gasteiger partial charge < -0.3 is 15.0 Å². The normalized spacial score (nSPS) is 12.2. The third-order valence-electron chi connectivity index (χ3n) is 2.05. The van der Waals surface area contributed by atoms with E-state index in [9.17, 15) is 4.79 Å². The van der Waals surface area contributed by atoms with E-state index in [1.807, 2.05) is 0 Å². The first-order valence-corrected chi connectivity index (χ1v) is 4.49. The van der Waals surface area contributed by atoms with Crippen molar-refractivity contribution < 1.29 is 14.1 Å². The van der Waals surface area contributed by atoms with E-state index in [4.69, 9.17) is 15.0 Å². The van der Waals surface area contributed by atoms with E-state index < -0.39 is 0 Å². The van der Waals surface area contributed by atoms with E-state index in [1.54, 1.807) is 6.92 Å². The monoisotopic (exact) mass is 210 g/mol. The van der Waals surface area contributed by atoms with Crippen LogP contribution in [0, 0.1) is 0 Å². The lowest BCUT2D eigenvalue weighted by atomic mass is 10.1. The summed E-state index contributed by atoms with van der Waals surface area (Å²) >= 11 is 0. The Morgan fingerprint density at radius 2 is 2.27 bits per heavy atom. The minimum Gasteiger partial charge on any atom is -0.482 e. The summed E-state index contributed by atoms with van der Waals surface area (Å²) < 4.78 is 9.71. The van der Waals surface area contributed by atoms with Gasteiger partial charge in [-0.2, -0.15) is 0 Å². The summed E-state index contributed by atoms with van der Waals surface area (Å²) in [4.78, 5) is 11.0. The number of Topliss-reactive ketones (excluding diaryl/α,β-unsaturated/α-hetero) is 1. The molecule has 0 saturated carbocycles. The highest BCUT2D eigenvalue weighted by atomic mass is 16.5. The van der Waals surface area contributed by atoms with Gasteiger partial charge in [-0.05, 0) is 13.8 Å². The fraction of sp³-hybridized carbons (Fsp3) is 0.400. The number of rotatable bonds is 4. The number of hydrogen-bond acceptors (Lipinski definition) is 5. The van der Waals surface area contributed by atoms with Crippen molar-refractivity contribution >= 4 is 11.4 Å². The van der Waals surface area contributed by atoms with Crippen molar-refractivity contribution in [1.82, 2.24) is 5.16 Å². The molecule has 0 amide bonds. The molecule has 0 radical (unpaired) electrons. The first kappa shape index (κ1) is 11.3. The van der Waals surface area contributed by atoms with Gasteiger partial charge in [-0.1, -0.05) is 5.16 Å². The molecule has 0 fully saturated rings. The summed E-state index contributed by atoms with van der Waals surface area (Å²) in [5, 5.41) is 3.75. The Bertz CT molecular complexity index is 393. The molecule has 0 unspecified atom stereocenters. The van der Waals surface area contributed by atoms with Crippen molar-refractivity contribution in [2.75, 3.05) is 7.11 Å². The number of ether oxygens (including phenoxy) is 1. The average molecular weight is 210 g/mol. The number of nitrogens with zero attached hydrogens (tertiary/aromatic N) is 1. The van der Waals surface area contributed by atoms with Gasteiger partial charge in [0, 0.05) is 11.1 Å². The van der Waals surface area contributed by atoms with E-state index in [-0.39, 0.29) is 12.2 Å². The molecule has 0 saturated heterocycles. The molecule has 1 aromatic heterocycles. The Morgan fingerprint density at radius 3 is 2.80 bits per heavy atom. The highest BCUT2D eigenvalue weighted by molar-refractivity contribution is 5.80. The summed E-state index contributed by atoms with van der Waals surface area (Å²) in [6.07, 6.45) is 1.69. The lowest BCUT2D eigenvalue weighted by molar-refractivity contribution is -0.116. The molecule has 2 N–H and O–H groups in total. The van der Waals surface area contributed by atoms with Crippen LogP contribution in [0.5, 0.6) is 0 Å². The first-order valence-electron chi connectivity index (χ1n) is 4.49. The first-order chi connectivity index (χ1) is 7.06. The molecule has 5 nitrogen and oxygen atoms in total. The standard InChI is InChI=1S/C10H14N2O3/c1-6(13)4-9-8(5-15-12-9)7(2)10(11)14-3/h5H,4,11H2,1-3H3/b10-7+. The Kier molecular flexibility index (Phi) is 3.49. The van der Waals surface area contributed by atoms with Crippen molar-refractivity contribution in [3.63, 3.8) is 0 Å². The van der Waals surface area contributed by atoms with Gasteiger partial charge >= 0.3 is 0 Å². The van der Waals surface area contributed by atoms with Crippen molar-refractivity contribution in [2.45, 2.75) is 20.3 Å². The van der Waals surface area contributed by atoms with Gasteiger partial charge in [-0.3, -0.25) is 4.79 Å². The van der Waals surface area contributed by atoms with Crippen molar-refractivity contribution in [1.29, 1.82) is 0 Å². The van der Waals surface area contributed by atoms with Crippen LogP contribution in [0.1, 0.15) is 25.1 Å². The molecular formula is C10H14N2O3. The molecule has 0 aliphatic carbocycles. The topological polar surface area (TPSA) is 78.3 Å². The zero-order valence-electron chi connectivity index (χ0n) is 9.03. The molecule has 0 spiro atoms. The second-order valence-electron chi connectivity index (χ2n) is 3.25. The van der Waals surface area contributed by atoms with E-state index in [1.165, 1.54) is 20.3 Å². The van der Waals surface area contributed by atoms with Crippen LogP contribution in [-0.4, -0.2) is 18.0 Å². The maximum absolute atomic E-state index is 11.0. The predicted octanol–water partition coefficient (Wildman–Crippen LogP) is 1.10. The molecule has 1 heterocycles. The summed E-state index contributed by atoms with van der Waals surface area (Å²) in [5.41, 5.74) is 7.62.